The molecule has 0 aromatic heterocycles. The van der Waals surface area contributed by atoms with E-state index in [1.165, 1.54) is 5.69 Å². The molecule has 1 saturated heterocycles. The highest BCUT2D eigenvalue weighted by molar-refractivity contribution is 5.86. The van der Waals surface area contributed by atoms with E-state index in [0.717, 1.165) is 26.2 Å². The molecule has 2 rings (SSSR count). The first kappa shape index (κ1) is 20.0. The number of carbonyl (C=O) groups is 1. The highest BCUT2D eigenvalue weighted by Gasteiger charge is 2.21. The van der Waals surface area contributed by atoms with Gasteiger partial charge >= 0.3 is 0 Å². The van der Waals surface area contributed by atoms with Crippen molar-refractivity contribution in [2.45, 2.75) is 19.4 Å². The summed E-state index contributed by atoms with van der Waals surface area (Å²) in [4.78, 5) is 20.8. The molecule has 1 heterocycles. The number of guanidine groups is 1. The number of nitrogens with zero attached hydrogens (tertiary/aromatic N) is 3. The summed E-state index contributed by atoms with van der Waals surface area (Å²) >= 11 is 0. The van der Waals surface area contributed by atoms with Gasteiger partial charge in [0.05, 0.1) is 12.1 Å². The van der Waals surface area contributed by atoms with Crippen LogP contribution in [-0.4, -0.2) is 75.8 Å². The van der Waals surface area contributed by atoms with E-state index >= 15 is 0 Å². The number of methoxy groups -OCH3 is 1. The molecule has 1 aliphatic heterocycles. The number of hydrogen-bond donors (Lipinski definition) is 2. The molecule has 0 atom stereocenters. The fourth-order valence-electron chi connectivity index (χ4n) is 2.71. The lowest BCUT2D eigenvalue weighted by atomic mass is 10.1. The molecule has 0 saturated carbocycles. The topological polar surface area (TPSA) is 69.2 Å². The molecule has 1 amide bonds. The van der Waals surface area contributed by atoms with Gasteiger partial charge in [-0.1, -0.05) is 18.2 Å². The highest BCUT2D eigenvalue weighted by Crippen LogP contribution is 2.15. The van der Waals surface area contributed by atoms with Crippen LogP contribution in [0.2, 0.25) is 0 Å². The largest absolute Gasteiger partial charge is 0.377 e. The molecule has 0 unspecified atom stereocenters. The van der Waals surface area contributed by atoms with Gasteiger partial charge in [-0.15, -0.1) is 0 Å². The molecule has 1 fully saturated rings. The van der Waals surface area contributed by atoms with Gasteiger partial charge in [0.15, 0.2) is 5.96 Å². The molecule has 1 aromatic rings. The van der Waals surface area contributed by atoms with E-state index in [-0.39, 0.29) is 18.1 Å². The monoisotopic (exact) mass is 361 g/mol. The molecule has 0 bridgehead atoms. The minimum atomic E-state index is -0.296. The number of para-hydroxylation sites is 1. The molecule has 26 heavy (non-hydrogen) atoms. The molecule has 0 radical (unpaired) electrons. The second kappa shape index (κ2) is 9.43. The Morgan fingerprint density at radius 3 is 2.38 bits per heavy atom. The fourth-order valence-corrected chi connectivity index (χ4v) is 2.71. The maximum atomic E-state index is 12.5. The van der Waals surface area contributed by atoms with E-state index < -0.39 is 0 Å². The lowest BCUT2D eigenvalue weighted by Gasteiger charge is -2.36. The maximum Gasteiger partial charge on any atom is 0.242 e. The smallest absolute Gasteiger partial charge is 0.242 e. The lowest BCUT2D eigenvalue weighted by Crippen LogP contribution is -2.53. The third-order valence-electron chi connectivity index (χ3n) is 4.62. The van der Waals surface area contributed by atoms with Crippen LogP contribution in [0.5, 0.6) is 0 Å². The number of carbonyl (C=O) groups excluding carboxylic acids is 1. The first-order valence-corrected chi connectivity index (χ1v) is 9.02. The molecular formula is C19H31N5O2. The van der Waals surface area contributed by atoms with Gasteiger partial charge in [0.2, 0.25) is 5.91 Å². The van der Waals surface area contributed by atoms with Gasteiger partial charge in [-0.3, -0.25) is 9.79 Å². The number of aliphatic imine (C=N–C) groups is 1. The molecule has 0 spiro atoms. The van der Waals surface area contributed by atoms with Gasteiger partial charge in [-0.2, -0.15) is 0 Å². The Morgan fingerprint density at radius 1 is 1.15 bits per heavy atom. The molecule has 2 N–H and O–H groups in total. The van der Waals surface area contributed by atoms with Crippen molar-refractivity contribution >= 4 is 17.6 Å². The van der Waals surface area contributed by atoms with Crippen LogP contribution < -0.4 is 15.5 Å². The fraction of sp³-hybridized carbons (Fsp3) is 0.579. The Kier molecular flexibility index (Phi) is 7.26. The van der Waals surface area contributed by atoms with Crippen molar-refractivity contribution in [3.05, 3.63) is 30.3 Å². The molecular weight excluding hydrogens is 330 g/mol. The third kappa shape index (κ3) is 5.91. The van der Waals surface area contributed by atoms with Crippen molar-refractivity contribution in [1.29, 1.82) is 0 Å². The summed E-state index contributed by atoms with van der Waals surface area (Å²) in [5.74, 6) is 0.693. The Labute approximate surface area is 156 Å². The number of ether oxygens (including phenoxy) is 1. The predicted molar refractivity (Wildman–Crippen MR) is 106 cm³/mol. The number of amides is 1. The molecule has 1 aliphatic rings. The zero-order valence-electron chi connectivity index (χ0n) is 16.3. The van der Waals surface area contributed by atoms with E-state index in [9.17, 15) is 4.79 Å². The van der Waals surface area contributed by atoms with Crippen LogP contribution in [0.1, 0.15) is 13.8 Å². The van der Waals surface area contributed by atoms with Crippen molar-refractivity contribution in [3.8, 4) is 0 Å². The van der Waals surface area contributed by atoms with Crippen LogP contribution in [0.15, 0.2) is 35.3 Å². The van der Waals surface area contributed by atoms with E-state index in [2.05, 4.69) is 32.7 Å². The second-order valence-corrected chi connectivity index (χ2v) is 6.95. The summed E-state index contributed by atoms with van der Waals surface area (Å²) in [5, 5.41) is 6.27. The van der Waals surface area contributed by atoms with Crippen LogP contribution >= 0.6 is 0 Å². The number of hydrogen-bond acceptors (Lipinski definition) is 4. The second-order valence-electron chi connectivity index (χ2n) is 6.95. The first-order chi connectivity index (χ1) is 12.4. The summed E-state index contributed by atoms with van der Waals surface area (Å²) in [7, 11) is 3.37. The Hall–Kier alpha value is -2.28. The van der Waals surface area contributed by atoms with Crippen LogP contribution in [-0.2, 0) is 9.53 Å². The lowest BCUT2D eigenvalue weighted by molar-refractivity contribution is -0.130. The van der Waals surface area contributed by atoms with Gasteiger partial charge in [0, 0.05) is 52.6 Å². The summed E-state index contributed by atoms with van der Waals surface area (Å²) < 4.78 is 5.37. The third-order valence-corrected chi connectivity index (χ3v) is 4.62. The SMILES string of the molecule is CN=C(NCC(=O)N1CCN(c2ccccc2)CC1)NCC(C)(C)OC. The number of nitrogens with one attached hydrogen (secondary N) is 2. The van der Waals surface area contributed by atoms with Crippen LogP contribution in [0.3, 0.4) is 0 Å². The van der Waals surface area contributed by atoms with Crippen molar-refractivity contribution in [2.75, 3.05) is 58.3 Å². The first-order valence-electron chi connectivity index (χ1n) is 9.02. The number of rotatable bonds is 6. The minimum absolute atomic E-state index is 0.0895. The van der Waals surface area contributed by atoms with E-state index in [1.54, 1.807) is 14.2 Å². The molecule has 7 nitrogen and oxygen atoms in total. The van der Waals surface area contributed by atoms with Crippen LogP contribution in [0, 0.1) is 0 Å². The molecule has 144 valence electrons. The highest BCUT2D eigenvalue weighted by atomic mass is 16.5. The average molecular weight is 361 g/mol. The van der Waals surface area contributed by atoms with Crippen molar-refractivity contribution in [1.82, 2.24) is 15.5 Å². The zero-order chi connectivity index (χ0) is 19.0. The predicted octanol–water partition coefficient (Wildman–Crippen LogP) is 0.925. The molecule has 1 aromatic carbocycles. The quantitative estimate of drug-likeness (QED) is 0.583. The normalized spacial score (nSPS) is 15.8. The Balaban J connectivity index is 1.74. The number of anilines is 1. The van der Waals surface area contributed by atoms with E-state index in [0.29, 0.717) is 12.5 Å². The Morgan fingerprint density at radius 2 is 1.81 bits per heavy atom. The van der Waals surface area contributed by atoms with Gasteiger partial charge in [0.1, 0.15) is 0 Å². The average Bonchev–Trinajstić information content (AvgIpc) is 2.68. The van der Waals surface area contributed by atoms with Gasteiger partial charge in [0.25, 0.3) is 0 Å². The van der Waals surface area contributed by atoms with Crippen molar-refractivity contribution in [2.24, 2.45) is 4.99 Å². The summed E-state index contributed by atoms with van der Waals surface area (Å²) in [5.41, 5.74) is 0.915. The zero-order valence-corrected chi connectivity index (χ0v) is 16.3. The molecule has 0 aliphatic carbocycles. The Bertz CT molecular complexity index is 595. The number of piperazine rings is 1. The maximum absolute atomic E-state index is 12.5. The standard InChI is InChI=1S/C19H31N5O2/c1-19(2,26-4)15-22-18(20-3)21-14-17(25)24-12-10-23(11-13-24)16-8-6-5-7-9-16/h5-9H,10-15H2,1-4H3,(H2,20,21,22). The van der Waals surface area contributed by atoms with Crippen molar-refractivity contribution < 1.29 is 9.53 Å². The minimum Gasteiger partial charge on any atom is -0.377 e. The van der Waals surface area contributed by atoms with Crippen molar-refractivity contribution in [3.63, 3.8) is 0 Å². The van der Waals surface area contributed by atoms with E-state index in [4.69, 9.17) is 4.74 Å². The van der Waals surface area contributed by atoms with Gasteiger partial charge in [-0.05, 0) is 26.0 Å². The van der Waals surface area contributed by atoms with E-state index in [1.807, 2.05) is 36.9 Å². The summed E-state index contributed by atoms with van der Waals surface area (Å²) in [6.07, 6.45) is 0. The summed E-state index contributed by atoms with van der Waals surface area (Å²) in [6, 6.07) is 10.3. The molecule has 7 heteroatoms. The van der Waals surface area contributed by atoms with Crippen LogP contribution in [0.25, 0.3) is 0 Å². The van der Waals surface area contributed by atoms with Crippen LogP contribution in [0.4, 0.5) is 5.69 Å². The summed E-state index contributed by atoms with van der Waals surface area (Å²) in [6.45, 7) is 7.99. The number of benzene rings is 1. The van der Waals surface area contributed by atoms with Gasteiger partial charge < -0.3 is 25.2 Å². The van der Waals surface area contributed by atoms with Gasteiger partial charge in [-0.25, -0.2) is 0 Å².